The molecular weight excluding hydrogens is 307 g/mol. The number of hydrogen-bond acceptors (Lipinski definition) is 5. The van der Waals surface area contributed by atoms with E-state index in [4.69, 9.17) is 4.42 Å². The van der Waals surface area contributed by atoms with Gasteiger partial charge in [0.1, 0.15) is 5.76 Å². The van der Waals surface area contributed by atoms with Gasteiger partial charge in [-0.1, -0.05) is 0 Å². The Morgan fingerprint density at radius 2 is 2.33 bits per heavy atom. The maximum Gasteiger partial charge on any atom is 0.121 e. The van der Waals surface area contributed by atoms with Crippen LogP contribution in [0.1, 0.15) is 5.76 Å². The maximum atomic E-state index is 5.24. The smallest absolute Gasteiger partial charge is 0.121 e. The number of fused-ring (bicyclic) bond motifs is 1. The van der Waals surface area contributed by atoms with Crippen molar-refractivity contribution in [2.75, 3.05) is 5.32 Å². The minimum absolute atomic E-state index is 0. The summed E-state index contributed by atoms with van der Waals surface area (Å²) in [5.74, 6) is 1.55. The van der Waals surface area contributed by atoms with Crippen molar-refractivity contribution in [1.82, 2.24) is 19.5 Å². The molecule has 0 aliphatic carbocycles. The average molecular weight is 317 g/mol. The molecule has 0 fully saturated rings. The zero-order valence-electron chi connectivity index (χ0n) is 9.79. The van der Waals surface area contributed by atoms with Gasteiger partial charge in [-0.05, 0) is 12.1 Å². The Bertz CT molecular complexity index is 634. The molecule has 18 heavy (non-hydrogen) atoms. The molecule has 89 valence electrons. The first kappa shape index (κ1) is 13.2. The van der Waals surface area contributed by atoms with Crippen molar-refractivity contribution in [3.8, 4) is 0 Å². The van der Waals surface area contributed by atoms with Gasteiger partial charge in [0.15, 0.2) is 0 Å². The Morgan fingerprint density at radius 1 is 1.44 bits per heavy atom. The Hall–Kier alpha value is -1.27. The number of aryl methyl sites for hydroxylation is 1. The fraction of sp³-hybridized carbons (Fsp3) is 0.182. The first-order chi connectivity index (χ1) is 8.34. The number of imidazole rings is 1. The van der Waals surface area contributed by atoms with Gasteiger partial charge in [0, 0.05) is 57.4 Å². The third-order valence-electron chi connectivity index (χ3n) is 2.47. The van der Waals surface area contributed by atoms with Crippen LogP contribution in [0.25, 0.3) is 11.2 Å². The fourth-order valence-electron chi connectivity index (χ4n) is 1.66. The van der Waals surface area contributed by atoms with Crippen LogP contribution in [0.5, 0.6) is 0 Å². The van der Waals surface area contributed by atoms with E-state index in [0.29, 0.717) is 18.0 Å². The number of aromatic nitrogens is 4. The molecule has 6 nitrogen and oxygen atoms in total. The third-order valence-corrected chi connectivity index (χ3v) is 2.47. The monoisotopic (exact) mass is 317 g/mol. The van der Waals surface area contributed by atoms with Crippen LogP contribution in [0.3, 0.4) is 0 Å². The SMILES string of the molecule is Cn1cnc2n[c-]nc(NCc3ccco3)c21.[Y]. The normalized spacial score (nSPS) is 10.3. The van der Waals surface area contributed by atoms with Gasteiger partial charge in [0.25, 0.3) is 0 Å². The van der Waals surface area contributed by atoms with Gasteiger partial charge in [-0.25, -0.2) is 0 Å². The summed E-state index contributed by atoms with van der Waals surface area (Å²) in [4.78, 5) is 12.2. The summed E-state index contributed by atoms with van der Waals surface area (Å²) in [6, 6.07) is 3.75. The van der Waals surface area contributed by atoms with E-state index < -0.39 is 0 Å². The second-order valence-corrected chi connectivity index (χ2v) is 3.63. The van der Waals surface area contributed by atoms with Crippen LogP contribution in [0.15, 0.2) is 29.1 Å². The van der Waals surface area contributed by atoms with Gasteiger partial charge in [-0.2, -0.15) is 0 Å². The van der Waals surface area contributed by atoms with E-state index in [9.17, 15) is 0 Å². The summed E-state index contributed by atoms with van der Waals surface area (Å²) < 4.78 is 7.11. The number of furan rings is 1. The van der Waals surface area contributed by atoms with Crippen molar-refractivity contribution in [1.29, 1.82) is 0 Å². The standard InChI is InChI=1S/C11H10N5O.Y/c1-16-7-15-11-9(16)10(13-6-14-11)12-5-8-3-2-4-17-8;/h2-4,7H,5H2,1H3,(H,12,13,14);/q-1;. The van der Waals surface area contributed by atoms with Crippen molar-refractivity contribution < 1.29 is 37.1 Å². The topological polar surface area (TPSA) is 68.8 Å². The summed E-state index contributed by atoms with van der Waals surface area (Å²) in [5, 5.41) is 3.18. The van der Waals surface area contributed by atoms with Crippen molar-refractivity contribution in [2.24, 2.45) is 7.05 Å². The van der Waals surface area contributed by atoms with Gasteiger partial charge >= 0.3 is 0 Å². The fourth-order valence-corrected chi connectivity index (χ4v) is 1.66. The van der Waals surface area contributed by atoms with Gasteiger partial charge in [0.2, 0.25) is 0 Å². The van der Waals surface area contributed by atoms with E-state index in [1.165, 1.54) is 0 Å². The molecule has 0 saturated carbocycles. The molecule has 0 unspecified atom stereocenters. The summed E-state index contributed by atoms with van der Waals surface area (Å²) in [6.45, 7) is 0.568. The van der Waals surface area contributed by atoms with Crippen molar-refractivity contribution in [2.45, 2.75) is 6.54 Å². The largest absolute Gasteiger partial charge is 0.468 e. The molecule has 0 aliphatic heterocycles. The van der Waals surface area contributed by atoms with Crippen molar-refractivity contribution >= 4 is 17.0 Å². The molecule has 0 spiro atoms. The van der Waals surface area contributed by atoms with Crippen LogP contribution in [0.2, 0.25) is 0 Å². The molecule has 0 atom stereocenters. The molecule has 1 N–H and O–H groups in total. The zero-order chi connectivity index (χ0) is 11.7. The molecule has 7 heteroatoms. The summed E-state index contributed by atoms with van der Waals surface area (Å²) in [5.41, 5.74) is 1.49. The van der Waals surface area contributed by atoms with E-state index >= 15 is 0 Å². The predicted octanol–water partition coefficient (Wildman–Crippen LogP) is 1.37. The Kier molecular flexibility index (Phi) is 4.09. The summed E-state index contributed by atoms with van der Waals surface area (Å²) in [6.07, 6.45) is 5.92. The Balaban J connectivity index is 0.00000120. The van der Waals surface area contributed by atoms with Gasteiger partial charge in [-0.3, -0.25) is 4.98 Å². The molecule has 0 bridgehead atoms. The first-order valence-electron chi connectivity index (χ1n) is 5.16. The number of nitrogens with one attached hydrogen (secondary N) is 1. The van der Waals surface area contributed by atoms with Gasteiger partial charge in [0.05, 0.1) is 24.8 Å². The quantitative estimate of drug-likeness (QED) is 0.739. The molecule has 0 saturated heterocycles. The Labute approximate surface area is 129 Å². The molecule has 3 aromatic heterocycles. The number of hydrogen-bond donors (Lipinski definition) is 1. The van der Waals surface area contributed by atoms with Crippen LogP contribution >= 0.6 is 0 Å². The van der Waals surface area contributed by atoms with Gasteiger partial charge < -0.3 is 24.3 Å². The van der Waals surface area contributed by atoms with E-state index in [2.05, 4.69) is 26.6 Å². The van der Waals surface area contributed by atoms with Crippen molar-refractivity contribution in [3.63, 3.8) is 0 Å². The molecule has 3 aromatic rings. The van der Waals surface area contributed by atoms with Crippen molar-refractivity contribution in [3.05, 3.63) is 36.8 Å². The number of anilines is 1. The molecule has 1 radical (unpaired) electrons. The van der Waals surface area contributed by atoms with E-state index in [1.54, 1.807) is 12.6 Å². The summed E-state index contributed by atoms with van der Waals surface area (Å²) >= 11 is 0. The zero-order valence-corrected chi connectivity index (χ0v) is 12.6. The van der Waals surface area contributed by atoms with Crippen LogP contribution in [-0.2, 0) is 46.3 Å². The molecule has 0 amide bonds. The van der Waals surface area contributed by atoms with Crippen LogP contribution in [0, 0.1) is 6.33 Å². The molecular formula is C11H10N5OY-. The first-order valence-corrected chi connectivity index (χ1v) is 5.16. The minimum atomic E-state index is 0. The second kappa shape index (κ2) is 5.58. The average Bonchev–Trinajstić information content (AvgIpc) is 2.97. The third kappa shape index (κ3) is 2.44. The number of rotatable bonds is 3. The predicted molar refractivity (Wildman–Crippen MR) is 61.2 cm³/mol. The van der Waals surface area contributed by atoms with E-state index in [1.807, 2.05) is 23.7 Å². The van der Waals surface area contributed by atoms with Gasteiger partial charge in [-0.15, -0.1) is 0 Å². The molecule has 3 rings (SSSR count). The van der Waals surface area contributed by atoms with Crippen LogP contribution in [0.4, 0.5) is 5.82 Å². The summed E-state index contributed by atoms with van der Waals surface area (Å²) in [7, 11) is 1.90. The molecule has 3 heterocycles. The molecule has 0 aromatic carbocycles. The minimum Gasteiger partial charge on any atom is -0.468 e. The van der Waals surface area contributed by atoms with Crippen LogP contribution < -0.4 is 5.32 Å². The van der Waals surface area contributed by atoms with Crippen LogP contribution in [-0.4, -0.2) is 19.5 Å². The van der Waals surface area contributed by atoms with E-state index in [0.717, 1.165) is 11.3 Å². The molecule has 0 aliphatic rings. The second-order valence-electron chi connectivity index (χ2n) is 3.63. The maximum absolute atomic E-state index is 5.24. The number of nitrogens with zero attached hydrogens (tertiary/aromatic N) is 4. The Morgan fingerprint density at radius 3 is 3.11 bits per heavy atom. The van der Waals surface area contributed by atoms with E-state index in [-0.39, 0.29) is 32.7 Å².